The van der Waals surface area contributed by atoms with Crippen molar-refractivity contribution >= 4 is 0 Å². The van der Waals surface area contributed by atoms with E-state index in [4.69, 9.17) is 35.3 Å². The minimum atomic E-state index is -0.349. The second kappa shape index (κ2) is 20.6. The van der Waals surface area contributed by atoms with Crippen molar-refractivity contribution in [1.82, 2.24) is 0 Å². The first-order chi connectivity index (χ1) is 14.2. The molecule has 0 aliphatic rings. The highest BCUT2D eigenvalue weighted by Crippen LogP contribution is 2.23. The van der Waals surface area contributed by atoms with Crippen LogP contribution >= 0.6 is 0 Å². The minimum Gasteiger partial charge on any atom is -0.375 e. The largest absolute Gasteiger partial charge is 0.375 e. The number of ether oxygens (including phenoxy) is 3. The van der Waals surface area contributed by atoms with Gasteiger partial charge in [-0.1, -0.05) is 6.92 Å². The third kappa shape index (κ3) is 14.5. The first kappa shape index (κ1) is 26.8. The SMILES string of the molecule is CCCOC(CCCCC#N)C(OCCC#N)C(CCCCC#N)OCCC#N. The molecule has 0 aromatic rings. The second-order valence-corrected chi connectivity index (χ2v) is 6.78. The third-order valence-corrected chi connectivity index (χ3v) is 4.39. The van der Waals surface area contributed by atoms with E-state index < -0.39 is 0 Å². The van der Waals surface area contributed by atoms with Crippen LogP contribution in [-0.2, 0) is 14.2 Å². The summed E-state index contributed by atoms with van der Waals surface area (Å²) in [6.45, 7) is 3.25. The van der Waals surface area contributed by atoms with Crippen molar-refractivity contribution in [2.75, 3.05) is 19.8 Å². The molecule has 29 heavy (non-hydrogen) atoms. The van der Waals surface area contributed by atoms with Gasteiger partial charge in [0.1, 0.15) is 6.10 Å². The smallest absolute Gasteiger partial charge is 0.110 e. The van der Waals surface area contributed by atoms with Crippen LogP contribution in [-0.4, -0.2) is 38.1 Å². The van der Waals surface area contributed by atoms with Gasteiger partial charge in [-0.15, -0.1) is 0 Å². The zero-order valence-electron chi connectivity index (χ0n) is 17.6. The van der Waals surface area contributed by atoms with Gasteiger partial charge in [0.2, 0.25) is 0 Å². The van der Waals surface area contributed by atoms with Crippen molar-refractivity contribution in [2.45, 2.75) is 95.9 Å². The van der Waals surface area contributed by atoms with Crippen molar-refractivity contribution in [3.8, 4) is 24.3 Å². The third-order valence-electron chi connectivity index (χ3n) is 4.39. The molecule has 7 heteroatoms. The molecule has 3 atom stereocenters. The van der Waals surface area contributed by atoms with Gasteiger partial charge in [-0.3, -0.25) is 0 Å². The fraction of sp³-hybridized carbons (Fsp3) is 0.818. The highest BCUT2D eigenvalue weighted by atomic mass is 16.6. The Morgan fingerprint density at radius 1 is 0.586 bits per heavy atom. The Balaban J connectivity index is 5.26. The van der Waals surface area contributed by atoms with Crippen LogP contribution in [0.5, 0.6) is 0 Å². The lowest BCUT2D eigenvalue weighted by Crippen LogP contribution is -2.43. The van der Waals surface area contributed by atoms with Crippen LogP contribution in [0.2, 0.25) is 0 Å². The Hall–Kier alpha value is -2.16. The molecule has 0 aliphatic heterocycles. The molecule has 0 N–H and O–H groups in total. The summed E-state index contributed by atoms with van der Waals surface area (Å²) in [5.74, 6) is 0. The molecule has 0 radical (unpaired) electrons. The fourth-order valence-electron chi connectivity index (χ4n) is 3.00. The molecule has 0 bridgehead atoms. The van der Waals surface area contributed by atoms with Crippen LogP contribution in [0.3, 0.4) is 0 Å². The maximum Gasteiger partial charge on any atom is 0.110 e. The lowest BCUT2D eigenvalue weighted by Gasteiger charge is -2.34. The van der Waals surface area contributed by atoms with Crippen LogP contribution < -0.4 is 0 Å². The van der Waals surface area contributed by atoms with Crippen molar-refractivity contribution in [2.24, 2.45) is 0 Å². The van der Waals surface area contributed by atoms with Crippen molar-refractivity contribution in [3.05, 3.63) is 0 Å². The summed E-state index contributed by atoms with van der Waals surface area (Å²) in [7, 11) is 0. The summed E-state index contributed by atoms with van der Waals surface area (Å²) in [6.07, 6.45) is 6.34. The maximum absolute atomic E-state index is 8.88. The van der Waals surface area contributed by atoms with Gasteiger partial charge in [0.25, 0.3) is 0 Å². The zero-order valence-corrected chi connectivity index (χ0v) is 17.6. The van der Waals surface area contributed by atoms with Gasteiger partial charge >= 0.3 is 0 Å². The number of unbranched alkanes of at least 4 members (excludes halogenated alkanes) is 4. The first-order valence-corrected chi connectivity index (χ1v) is 10.6. The van der Waals surface area contributed by atoms with Crippen molar-refractivity contribution < 1.29 is 14.2 Å². The van der Waals surface area contributed by atoms with Gasteiger partial charge in [-0.2, -0.15) is 21.0 Å². The van der Waals surface area contributed by atoms with Crippen LogP contribution in [0.15, 0.2) is 0 Å². The Labute approximate surface area is 175 Å². The van der Waals surface area contributed by atoms with E-state index in [-0.39, 0.29) is 24.7 Å². The van der Waals surface area contributed by atoms with E-state index in [1.807, 2.05) is 6.92 Å². The van der Waals surface area contributed by atoms with Crippen molar-refractivity contribution in [3.63, 3.8) is 0 Å². The molecule has 0 amide bonds. The van der Waals surface area contributed by atoms with Crippen LogP contribution in [0.25, 0.3) is 0 Å². The Kier molecular flexibility index (Phi) is 19.0. The van der Waals surface area contributed by atoms with E-state index in [1.54, 1.807) is 0 Å². The van der Waals surface area contributed by atoms with Gasteiger partial charge in [-0.05, 0) is 44.9 Å². The molecule has 160 valence electrons. The molecule has 7 nitrogen and oxygen atoms in total. The summed E-state index contributed by atoms with van der Waals surface area (Å²) in [5.41, 5.74) is 0. The van der Waals surface area contributed by atoms with Gasteiger partial charge < -0.3 is 14.2 Å². The van der Waals surface area contributed by atoms with E-state index in [0.717, 1.165) is 38.5 Å². The zero-order chi connectivity index (χ0) is 21.6. The molecule has 0 aromatic carbocycles. The van der Waals surface area contributed by atoms with Gasteiger partial charge in [-0.25, -0.2) is 0 Å². The average molecular weight is 403 g/mol. The molecule has 0 rings (SSSR count). The topological polar surface area (TPSA) is 123 Å². The Bertz CT molecular complexity index is 556. The lowest BCUT2D eigenvalue weighted by atomic mass is 9.97. The van der Waals surface area contributed by atoms with Gasteiger partial charge in [0, 0.05) is 19.4 Å². The minimum absolute atomic E-state index is 0.199. The van der Waals surface area contributed by atoms with E-state index >= 15 is 0 Å². The van der Waals surface area contributed by atoms with Crippen LogP contribution in [0.4, 0.5) is 0 Å². The molecule has 0 saturated heterocycles. The summed E-state index contributed by atoms with van der Waals surface area (Å²) < 4.78 is 18.2. The van der Waals surface area contributed by atoms with E-state index in [9.17, 15) is 0 Å². The quantitative estimate of drug-likeness (QED) is 0.290. The highest BCUT2D eigenvalue weighted by Gasteiger charge is 2.31. The molecule has 0 heterocycles. The highest BCUT2D eigenvalue weighted by molar-refractivity contribution is 4.83. The normalized spacial score (nSPS) is 13.4. The molecular formula is C22H34N4O3. The van der Waals surface area contributed by atoms with Crippen LogP contribution in [0.1, 0.15) is 77.6 Å². The molecule has 0 aliphatic carbocycles. The monoisotopic (exact) mass is 402 g/mol. The molecule has 0 aromatic heterocycles. The van der Waals surface area contributed by atoms with Gasteiger partial charge in [0.15, 0.2) is 0 Å². The molecular weight excluding hydrogens is 368 g/mol. The van der Waals surface area contributed by atoms with Crippen molar-refractivity contribution in [1.29, 1.82) is 21.0 Å². The Morgan fingerprint density at radius 2 is 1.03 bits per heavy atom. The number of rotatable bonds is 19. The molecule has 0 fully saturated rings. The average Bonchev–Trinajstić information content (AvgIpc) is 2.73. The van der Waals surface area contributed by atoms with E-state index in [2.05, 4.69) is 24.3 Å². The summed E-state index contributed by atoms with van der Waals surface area (Å²) in [4.78, 5) is 0. The summed E-state index contributed by atoms with van der Waals surface area (Å²) in [6, 6.07) is 8.50. The molecule has 3 unspecified atom stereocenters. The fourth-order valence-corrected chi connectivity index (χ4v) is 3.00. The summed E-state index contributed by atoms with van der Waals surface area (Å²) >= 11 is 0. The van der Waals surface area contributed by atoms with Gasteiger partial charge in [0.05, 0.1) is 62.5 Å². The maximum atomic E-state index is 8.88. The molecule has 0 saturated carbocycles. The second-order valence-electron chi connectivity index (χ2n) is 6.78. The van der Waals surface area contributed by atoms with Crippen LogP contribution in [0, 0.1) is 45.3 Å². The number of nitrogens with zero attached hydrogens (tertiary/aromatic N) is 4. The standard InChI is InChI=1S/C22H34N4O3/c1-2-17-27-20(11-5-3-7-13-23)22(29-19-10-16-26)21(28-18-9-15-25)12-6-4-8-14-24/h20-22H,2-12,17-19H2,1H3. The predicted octanol–water partition coefficient (Wildman–Crippen LogP) is 4.55. The Morgan fingerprint density at radius 3 is 1.48 bits per heavy atom. The summed E-state index contributed by atoms with van der Waals surface area (Å²) in [5, 5.41) is 35.3. The number of nitriles is 4. The lowest BCUT2D eigenvalue weighted by molar-refractivity contribution is -0.142. The predicted molar refractivity (Wildman–Crippen MR) is 108 cm³/mol. The first-order valence-electron chi connectivity index (χ1n) is 10.6. The van der Waals surface area contributed by atoms with E-state index in [1.165, 1.54) is 0 Å². The van der Waals surface area contributed by atoms with E-state index in [0.29, 0.717) is 45.5 Å². The number of hydrogen-bond donors (Lipinski definition) is 0. The number of hydrogen-bond acceptors (Lipinski definition) is 7. The molecule has 0 spiro atoms.